The first-order chi connectivity index (χ1) is 12.6. The Balaban J connectivity index is 1.84. The van der Waals surface area contributed by atoms with Crippen LogP contribution in [0.1, 0.15) is 10.4 Å². The lowest BCUT2D eigenvalue weighted by Crippen LogP contribution is -2.25. The molecule has 0 atom stereocenters. The quantitative estimate of drug-likeness (QED) is 0.392. The molecule has 3 nitrogen and oxygen atoms in total. The summed E-state index contributed by atoms with van der Waals surface area (Å²) in [6.45, 7) is 0. The van der Waals surface area contributed by atoms with E-state index >= 15 is 0 Å². The fourth-order valence-corrected chi connectivity index (χ4v) is 3.83. The number of amides is 1. The van der Waals surface area contributed by atoms with Crippen LogP contribution >= 0.6 is 27.3 Å². The number of thiazole rings is 1. The van der Waals surface area contributed by atoms with Gasteiger partial charge < -0.3 is 0 Å². The average molecular weight is 427 g/mol. The normalized spacial score (nSPS) is 10.8. The first-order valence-corrected chi connectivity index (χ1v) is 9.44. The highest BCUT2D eigenvalue weighted by Crippen LogP contribution is 2.34. The number of aromatic nitrogens is 1. The lowest BCUT2D eigenvalue weighted by atomic mass is 10.2. The molecule has 0 aliphatic rings. The molecule has 1 heterocycles. The lowest BCUT2D eigenvalue weighted by Gasteiger charge is -2.20. The number of hydrogen-bond acceptors (Lipinski definition) is 3. The summed E-state index contributed by atoms with van der Waals surface area (Å²) < 4.78 is 15.2. The van der Waals surface area contributed by atoms with Crippen molar-refractivity contribution in [3.05, 3.63) is 88.6 Å². The molecule has 1 aromatic heterocycles. The van der Waals surface area contributed by atoms with Crippen LogP contribution < -0.4 is 4.90 Å². The van der Waals surface area contributed by atoms with E-state index in [4.69, 9.17) is 0 Å². The number of carbonyl (C=O) groups is 1. The molecule has 0 N–H and O–H groups in total. The summed E-state index contributed by atoms with van der Waals surface area (Å²) in [5.74, 6) is -0.572. The third-order valence-electron chi connectivity index (χ3n) is 3.85. The highest BCUT2D eigenvalue weighted by Gasteiger charge is 2.23. The number of fused-ring (bicyclic) bond motifs is 1. The molecule has 4 aromatic rings. The molecule has 0 aliphatic heterocycles. The Kier molecular flexibility index (Phi) is 4.53. The molecule has 26 heavy (non-hydrogen) atoms. The average Bonchev–Trinajstić information content (AvgIpc) is 3.07. The van der Waals surface area contributed by atoms with Gasteiger partial charge in [-0.2, -0.15) is 0 Å². The maximum absolute atomic E-state index is 13.4. The molecule has 0 spiro atoms. The van der Waals surface area contributed by atoms with Gasteiger partial charge in [-0.25, -0.2) is 9.37 Å². The van der Waals surface area contributed by atoms with Crippen LogP contribution in [0.4, 0.5) is 15.2 Å². The zero-order chi connectivity index (χ0) is 18.1. The van der Waals surface area contributed by atoms with E-state index in [9.17, 15) is 9.18 Å². The summed E-state index contributed by atoms with van der Waals surface area (Å²) in [5, 5.41) is 0.547. The van der Waals surface area contributed by atoms with E-state index in [0.29, 0.717) is 16.4 Å². The minimum absolute atomic E-state index is 0.219. The van der Waals surface area contributed by atoms with Crippen molar-refractivity contribution in [2.24, 2.45) is 0 Å². The summed E-state index contributed by atoms with van der Waals surface area (Å²) >= 11 is 4.80. The number of benzene rings is 3. The molecule has 3 aromatic carbocycles. The Morgan fingerprint density at radius 3 is 2.35 bits per heavy atom. The monoisotopic (exact) mass is 426 g/mol. The van der Waals surface area contributed by atoms with Gasteiger partial charge in [0.15, 0.2) is 5.13 Å². The molecular formula is C20H12BrFN2OS. The standard InChI is InChI=1S/C20H12BrFN2OS/c21-14-7-5-13(6-8-14)19(25)24(16-11-9-15(22)10-12-16)20-23-17-3-1-2-4-18(17)26-20/h1-12H. The lowest BCUT2D eigenvalue weighted by molar-refractivity contribution is 0.0999. The number of hydrogen-bond donors (Lipinski definition) is 0. The summed E-state index contributed by atoms with van der Waals surface area (Å²) in [7, 11) is 0. The van der Waals surface area contributed by atoms with Gasteiger partial charge in [0, 0.05) is 10.0 Å². The van der Waals surface area contributed by atoms with Gasteiger partial charge in [0.2, 0.25) is 0 Å². The second-order valence-corrected chi connectivity index (χ2v) is 7.51. The summed E-state index contributed by atoms with van der Waals surface area (Å²) in [5.41, 5.74) is 1.92. The van der Waals surface area contributed by atoms with E-state index in [-0.39, 0.29) is 11.7 Å². The highest BCUT2D eigenvalue weighted by atomic mass is 79.9. The Morgan fingerprint density at radius 1 is 0.962 bits per heavy atom. The molecule has 6 heteroatoms. The predicted molar refractivity (Wildman–Crippen MR) is 107 cm³/mol. The Morgan fingerprint density at radius 2 is 1.65 bits per heavy atom. The number of para-hydroxylation sites is 1. The zero-order valence-corrected chi connectivity index (χ0v) is 15.8. The van der Waals surface area contributed by atoms with Gasteiger partial charge in [-0.1, -0.05) is 39.4 Å². The molecular weight excluding hydrogens is 415 g/mol. The predicted octanol–water partition coefficient (Wildman–Crippen LogP) is 6.18. The van der Waals surface area contributed by atoms with E-state index in [1.807, 2.05) is 36.4 Å². The van der Waals surface area contributed by atoms with Crippen LogP contribution in [-0.2, 0) is 0 Å². The maximum Gasteiger partial charge on any atom is 0.264 e. The smallest absolute Gasteiger partial charge is 0.264 e. The van der Waals surface area contributed by atoms with Crippen LogP contribution in [0.15, 0.2) is 77.3 Å². The number of anilines is 2. The Labute approximate surface area is 161 Å². The molecule has 0 aliphatic carbocycles. The van der Waals surface area contributed by atoms with Crippen LogP contribution in [0.3, 0.4) is 0 Å². The molecule has 4 rings (SSSR count). The number of carbonyl (C=O) groups excluding carboxylic acids is 1. The van der Waals surface area contributed by atoms with Crippen molar-refractivity contribution in [1.82, 2.24) is 4.98 Å². The third-order valence-corrected chi connectivity index (χ3v) is 5.40. The van der Waals surface area contributed by atoms with E-state index in [0.717, 1.165) is 14.7 Å². The van der Waals surface area contributed by atoms with Crippen LogP contribution in [0.5, 0.6) is 0 Å². The van der Waals surface area contributed by atoms with Gasteiger partial charge in [0.05, 0.1) is 15.9 Å². The SMILES string of the molecule is O=C(c1ccc(Br)cc1)N(c1ccc(F)cc1)c1nc2ccccc2s1. The van der Waals surface area contributed by atoms with E-state index in [1.54, 1.807) is 24.3 Å². The molecule has 0 radical (unpaired) electrons. The highest BCUT2D eigenvalue weighted by molar-refractivity contribution is 9.10. The van der Waals surface area contributed by atoms with Gasteiger partial charge in [-0.3, -0.25) is 9.69 Å². The van der Waals surface area contributed by atoms with Crippen LogP contribution in [0.25, 0.3) is 10.2 Å². The largest absolute Gasteiger partial charge is 0.268 e. The minimum atomic E-state index is -0.353. The Bertz CT molecular complexity index is 1040. The van der Waals surface area contributed by atoms with Gasteiger partial charge >= 0.3 is 0 Å². The molecule has 0 fully saturated rings. The minimum Gasteiger partial charge on any atom is -0.268 e. The third kappa shape index (κ3) is 3.25. The maximum atomic E-state index is 13.4. The van der Waals surface area contributed by atoms with E-state index in [1.165, 1.54) is 28.4 Å². The summed E-state index contributed by atoms with van der Waals surface area (Å²) in [6, 6.07) is 20.7. The number of halogens is 2. The van der Waals surface area contributed by atoms with Gasteiger partial charge in [0.25, 0.3) is 5.91 Å². The number of rotatable bonds is 3. The van der Waals surface area contributed by atoms with Crippen molar-refractivity contribution in [3.63, 3.8) is 0 Å². The summed E-state index contributed by atoms with van der Waals surface area (Å²) in [4.78, 5) is 19.3. The Hall–Kier alpha value is -2.57. The molecule has 128 valence electrons. The van der Waals surface area contributed by atoms with Crippen molar-refractivity contribution in [2.75, 3.05) is 4.90 Å². The summed E-state index contributed by atoms with van der Waals surface area (Å²) in [6.07, 6.45) is 0. The molecule has 0 saturated heterocycles. The molecule has 0 saturated carbocycles. The first-order valence-electron chi connectivity index (χ1n) is 7.83. The van der Waals surface area contributed by atoms with Crippen LogP contribution in [-0.4, -0.2) is 10.9 Å². The van der Waals surface area contributed by atoms with Crippen molar-refractivity contribution in [3.8, 4) is 0 Å². The second kappa shape index (κ2) is 6.97. The van der Waals surface area contributed by atoms with Crippen molar-refractivity contribution >= 4 is 54.2 Å². The van der Waals surface area contributed by atoms with Crippen molar-refractivity contribution < 1.29 is 9.18 Å². The van der Waals surface area contributed by atoms with Crippen molar-refractivity contribution in [2.45, 2.75) is 0 Å². The van der Waals surface area contributed by atoms with E-state index in [2.05, 4.69) is 20.9 Å². The topological polar surface area (TPSA) is 33.2 Å². The van der Waals surface area contributed by atoms with E-state index < -0.39 is 0 Å². The molecule has 0 bridgehead atoms. The fraction of sp³-hybridized carbons (Fsp3) is 0. The first kappa shape index (κ1) is 16.9. The van der Waals surface area contributed by atoms with Crippen molar-refractivity contribution in [1.29, 1.82) is 0 Å². The molecule has 1 amide bonds. The number of nitrogens with zero attached hydrogens (tertiary/aromatic N) is 2. The van der Waals surface area contributed by atoms with Gasteiger partial charge in [0.1, 0.15) is 5.82 Å². The van der Waals surface area contributed by atoms with Gasteiger partial charge in [-0.15, -0.1) is 0 Å². The second-order valence-electron chi connectivity index (χ2n) is 5.59. The molecule has 0 unspecified atom stereocenters. The van der Waals surface area contributed by atoms with Crippen LogP contribution in [0.2, 0.25) is 0 Å². The fourth-order valence-electron chi connectivity index (χ4n) is 2.58. The van der Waals surface area contributed by atoms with Crippen LogP contribution in [0, 0.1) is 5.82 Å². The zero-order valence-electron chi connectivity index (χ0n) is 13.4. The van der Waals surface area contributed by atoms with Gasteiger partial charge in [-0.05, 0) is 60.7 Å².